The Hall–Kier alpha value is -1.93. The topological polar surface area (TPSA) is 111 Å². The highest BCUT2D eigenvalue weighted by molar-refractivity contribution is 5.65. The lowest BCUT2D eigenvalue weighted by atomic mass is 10.2. The third-order valence-corrected chi connectivity index (χ3v) is 2.76. The summed E-state index contributed by atoms with van der Waals surface area (Å²) in [5.41, 5.74) is -1.19. The molecule has 1 aromatic heterocycles. The van der Waals surface area contributed by atoms with Crippen LogP contribution in [0.15, 0.2) is 21.9 Å². The van der Waals surface area contributed by atoms with E-state index in [2.05, 4.69) is 4.98 Å². The Balaban J connectivity index is 2.11. The largest absolute Gasteiger partial charge is 0.463 e. The average molecular weight is 270 g/mol. The van der Waals surface area contributed by atoms with E-state index in [1.807, 2.05) is 0 Å². The molecule has 3 atom stereocenters. The fourth-order valence-electron chi connectivity index (χ4n) is 1.93. The van der Waals surface area contributed by atoms with Crippen LogP contribution in [0.25, 0.3) is 0 Å². The van der Waals surface area contributed by atoms with Crippen LogP contribution in [-0.4, -0.2) is 39.4 Å². The van der Waals surface area contributed by atoms with Crippen LogP contribution >= 0.6 is 0 Å². The normalized spacial score (nSPS) is 26.3. The molecule has 0 aliphatic carbocycles. The Kier molecular flexibility index (Phi) is 3.82. The second-order valence-corrected chi connectivity index (χ2v) is 4.27. The van der Waals surface area contributed by atoms with Crippen LogP contribution in [-0.2, 0) is 14.3 Å². The lowest BCUT2D eigenvalue weighted by Gasteiger charge is -2.16. The minimum atomic E-state index is -0.913. The van der Waals surface area contributed by atoms with Gasteiger partial charge >= 0.3 is 11.7 Å². The van der Waals surface area contributed by atoms with Crippen LogP contribution in [0.5, 0.6) is 0 Å². The van der Waals surface area contributed by atoms with Crippen molar-refractivity contribution in [3.05, 3.63) is 33.1 Å². The molecule has 0 saturated carbocycles. The first-order valence-corrected chi connectivity index (χ1v) is 5.75. The van der Waals surface area contributed by atoms with Gasteiger partial charge in [0.05, 0.1) is 6.10 Å². The summed E-state index contributed by atoms with van der Waals surface area (Å²) in [7, 11) is 0. The predicted molar refractivity (Wildman–Crippen MR) is 62.5 cm³/mol. The van der Waals surface area contributed by atoms with Crippen molar-refractivity contribution in [2.24, 2.45) is 0 Å². The summed E-state index contributed by atoms with van der Waals surface area (Å²) in [6.07, 6.45) is -0.802. The van der Waals surface area contributed by atoms with Crippen LogP contribution in [0.3, 0.4) is 0 Å². The Morgan fingerprint density at radius 1 is 1.63 bits per heavy atom. The molecule has 19 heavy (non-hydrogen) atoms. The third kappa shape index (κ3) is 3.09. The van der Waals surface area contributed by atoms with Crippen molar-refractivity contribution in [3.8, 4) is 0 Å². The van der Waals surface area contributed by atoms with Crippen molar-refractivity contribution in [2.45, 2.75) is 31.8 Å². The maximum Gasteiger partial charge on any atom is 0.330 e. The number of esters is 1. The first kappa shape index (κ1) is 13.5. The molecule has 0 spiro atoms. The summed E-state index contributed by atoms with van der Waals surface area (Å²) >= 11 is 0. The standard InChI is InChI=1S/C11H14N2O6/c1-6(14)18-5-7-4-8(15)10(19-7)13-3-2-9(16)12-11(13)17/h2-3,7-8,10,15H,4-5H2,1H3,(H,12,16,17). The lowest BCUT2D eigenvalue weighted by molar-refractivity contribution is -0.146. The predicted octanol–water partition coefficient (Wildman–Crippen LogP) is -1.25. The van der Waals surface area contributed by atoms with E-state index in [1.54, 1.807) is 0 Å². The average Bonchev–Trinajstić information content (AvgIpc) is 2.68. The van der Waals surface area contributed by atoms with Gasteiger partial charge in [-0.25, -0.2) is 4.79 Å². The molecule has 1 saturated heterocycles. The van der Waals surface area contributed by atoms with Crippen LogP contribution in [0.4, 0.5) is 0 Å². The summed E-state index contributed by atoms with van der Waals surface area (Å²) in [5.74, 6) is -0.442. The first-order valence-electron chi connectivity index (χ1n) is 5.75. The summed E-state index contributed by atoms with van der Waals surface area (Å²) in [6, 6.07) is 1.16. The van der Waals surface area contributed by atoms with Gasteiger partial charge in [-0.15, -0.1) is 0 Å². The zero-order chi connectivity index (χ0) is 14.0. The van der Waals surface area contributed by atoms with E-state index >= 15 is 0 Å². The van der Waals surface area contributed by atoms with Crippen LogP contribution in [0.1, 0.15) is 19.6 Å². The molecular formula is C11H14N2O6. The molecule has 104 valence electrons. The van der Waals surface area contributed by atoms with Crippen molar-refractivity contribution < 1.29 is 19.4 Å². The number of aliphatic hydroxyl groups is 1. The van der Waals surface area contributed by atoms with Gasteiger partial charge in [0, 0.05) is 25.6 Å². The molecule has 8 heteroatoms. The minimum absolute atomic E-state index is 0.0149. The summed E-state index contributed by atoms with van der Waals surface area (Å²) in [6.45, 7) is 1.29. The van der Waals surface area contributed by atoms with Gasteiger partial charge in [-0.05, 0) is 0 Å². The number of carbonyl (C=O) groups is 1. The Bertz CT molecular complexity index is 577. The molecule has 3 unspecified atom stereocenters. The number of aliphatic hydroxyl groups excluding tert-OH is 1. The molecule has 8 nitrogen and oxygen atoms in total. The van der Waals surface area contributed by atoms with Gasteiger partial charge in [0.2, 0.25) is 0 Å². The molecule has 1 aromatic rings. The minimum Gasteiger partial charge on any atom is -0.463 e. The van der Waals surface area contributed by atoms with E-state index in [0.717, 1.165) is 10.6 Å². The number of hydrogen-bond donors (Lipinski definition) is 2. The number of ether oxygens (including phenoxy) is 2. The molecule has 0 amide bonds. The molecule has 0 radical (unpaired) electrons. The highest BCUT2D eigenvalue weighted by atomic mass is 16.6. The quantitative estimate of drug-likeness (QED) is 0.664. The lowest BCUT2D eigenvalue weighted by Crippen LogP contribution is -2.35. The Morgan fingerprint density at radius 2 is 2.37 bits per heavy atom. The van der Waals surface area contributed by atoms with Crippen LogP contribution < -0.4 is 11.2 Å². The molecule has 0 aromatic carbocycles. The van der Waals surface area contributed by atoms with Gasteiger partial charge in [-0.1, -0.05) is 0 Å². The van der Waals surface area contributed by atoms with E-state index in [4.69, 9.17) is 9.47 Å². The van der Waals surface area contributed by atoms with Crippen LogP contribution in [0.2, 0.25) is 0 Å². The molecule has 2 rings (SSSR count). The second-order valence-electron chi connectivity index (χ2n) is 4.27. The number of nitrogens with zero attached hydrogens (tertiary/aromatic N) is 1. The Morgan fingerprint density at radius 3 is 3.00 bits per heavy atom. The van der Waals surface area contributed by atoms with Crippen molar-refractivity contribution in [1.29, 1.82) is 0 Å². The van der Waals surface area contributed by atoms with Gasteiger partial charge < -0.3 is 14.6 Å². The number of nitrogens with one attached hydrogen (secondary N) is 1. The van der Waals surface area contributed by atoms with E-state index in [0.29, 0.717) is 0 Å². The maximum absolute atomic E-state index is 11.6. The highest BCUT2D eigenvalue weighted by Gasteiger charge is 2.36. The number of aromatic amines is 1. The molecule has 2 heterocycles. The van der Waals surface area contributed by atoms with Crippen molar-refractivity contribution in [3.63, 3.8) is 0 Å². The van der Waals surface area contributed by atoms with Crippen LogP contribution in [0, 0.1) is 0 Å². The molecule has 1 aliphatic rings. The number of H-pyrrole nitrogens is 1. The van der Waals surface area contributed by atoms with Gasteiger partial charge in [-0.3, -0.25) is 19.1 Å². The zero-order valence-corrected chi connectivity index (χ0v) is 10.2. The Labute approximate surface area is 107 Å². The molecule has 1 fully saturated rings. The fourth-order valence-corrected chi connectivity index (χ4v) is 1.93. The maximum atomic E-state index is 11.6. The first-order chi connectivity index (χ1) is 8.97. The monoisotopic (exact) mass is 270 g/mol. The van der Waals surface area contributed by atoms with E-state index in [-0.39, 0.29) is 13.0 Å². The summed E-state index contributed by atoms with van der Waals surface area (Å²) < 4.78 is 11.3. The smallest absolute Gasteiger partial charge is 0.330 e. The summed E-state index contributed by atoms with van der Waals surface area (Å²) in [5, 5.41) is 9.85. The fraction of sp³-hybridized carbons (Fsp3) is 0.545. The molecule has 1 aliphatic heterocycles. The second kappa shape index (κ2) is 5.37. The van der Waals surface area contributed by atoms with Crippen molar-refractivity contribution in [2.75, 3.05) is 6.61 Å². The third-order valence-electron chi connectivity index (χ3n) is 2.76. The van der Waals surface area contributed by atoms with E-state index < -0.39 is 35.7 Å². The van der Waals surface area contributed by atoms with Gasteiger partial charge in [0.1, 0.15) is 12.7 Å². The van der Waals surface area contributed by atoms with E-state index in [9.17, 15) is 19.5 Å². The van der Waals surface area contributed by atoms with Gasteiger partial charge in [0.25, 0.3) is 5.56 Å². The van der Waals surface area contributed by atoms with Gasteiger partial charge in [-0.2, -0.15) is 0 Å². The van der Waals surface area contributed by atoms with E-state index in [1.165, 1.54) is 13.1 Å². The molecule has 2 N–H and O–H groups in total. The van der Waals surface area contributed by atoms with Crippen molar-refractivity contribution in [1.82, 2.24) is 9.55 Å². The number of rotatable bonds is 3. The number of aromatic nitrogens is 2. The molecule has 0 bridgehead atoms. The van der Waals surface area contributed by atoms with Crippen molar-refractivity contribution >= 4 is 5.97 Å². The SMILES string of the molecule is CC(=O)OCC1CC(O)C(n2ccc(=O)[nH]c2=O)O1. The molecular weight excluding hydrogens is 256 g/mol. The summed E-state index contributed by atoms with van der Waals surface area (Å²) in [4.78, 5) is 35.3. The number of carbonyl (C=O) groups excluding carboxylic acids is 1. The highest BCUT2D eigenvalue weighted by Crippen LogP contribution is 2.27. The number of hydrogen-bond acceptors (Lipinski definition) is 6. The zero-order valence-electron chi connectivity index (χ0n) is 10.2. The van der Waals surface area contributed by atoms with Gasteiger partial charge in [0.15, 0.2) is 6.23 Å².